The van der Waals surface area contributed by atoms with Crippen LogP contribution in [0.5, 0.6) is 0 Å². The maximum Gasteiger partial charge on any atom is 0.226 e. The number of aromatic nitrogens is 1. The molecule has 4 rings (SSSR count). The Hall–Kier alpha value is -2.69. The van der Waals surface area contributed by atoms with Gasteiger partial charge in [0.1, 0.15) is 29.3 Å². The molecule has 0 amide bonds. The Morgan fingerprint density at radius 1 is 1.16 bits per heavy atom. The fraction of sp³-hybridized carbons (Fsp3) is 0.304. The second-order valence-electron chi connectivity index (χ2n) is 7.35. The van der Waals surface area contributed by atoms with Gasteiger partial charge in [0.25, 0.3) is 0 Å². The van der Waals surface area contributed by atoms with E-state index in [2.05, 4.69) is 20.6 Å². The number of halogens is 3. The molecular formula is C23H26F2IN5O. The Morgan fingerprint density at radius 2 is 1.91 bits per heavy atom. The maximum atomic E-state index is 14.1. The predicted molar refractivity (Wildman–Crippen MR) is 132 cm³/mol. The minimum atomic E-state index is -0.540. The number of aliphatic imine (C=N–C) groups is 1. The first kappa shape index (κ1) is 24.0. The number of hydrogen-bond acceptors (Lipinski definition) is 4. The molecule has 1 fully saturated rings. The molecule has 1 aliphatic rings. The summed E-state index contributed by atoms with van der Waals surface area (Å²) in [4.78, 5) is 10.8. The van der Waals surface area contributed by atoms with Crippen LogP contribution in [0.2, 0.25) is 0 Å². The zero-order valence-electron chi connectivity index (χ0n) is 17.7. The highest BCUT2D eigenvalue weighted by molar-refractivity contribution is 14.0. The Bertz CT molecular complexity index is 1020. The fourth-order valence-electron chi connectivity index (χ4n) is 3.64. The monoisotopic (exact) mass is 553 g/mol. The van der Waals surface area contributed by atoms with Gasteiger partial charge in [0.05, 0.1) is 6.54 Å². The van der Waals surface area contributed by atoms with Crippen molar-refractivity contribution in [3.05, 3.63) is 72.1 Å². The van der Waals surface area contributed by atoms with E-state index in [-0.39, 0.29) is 35.7 Å². The second-order valence-corrected chi connectivity index (χ2v) is 7.35. The van der Waals surface area contributed by atoms with E-state index in [1.165, 1.54) is 18.2 Å². The van der Waals surface area contributed by atoms with Gasteiger partial charge in [-0.1, -0.05) is 24.3 Å². The van der Waals surface area contributed by atoms with E-state index in [9.17, 15) is 8.78 Å². The first-order valence-electron chi connectivity index (χ1n) is 10.4. The number of anilines is 1. The van der Waals surface area contributed by atoms with Crippen molar-refractivity contribution < 1.29 is 13.2 Å². The molecule has 2 heterocycles. The molecule has 0 spiro atoms. The molecule has 9 heteroatoms. The average molecular weight is 553 g/mol. The Labute approximate surface area is 203 Å². The molecule has 2 aromatic carbocycles. The van der Waals surface area contributed by atoms with Crippen molar-refractivity contribution in [2.75, 3.05) is 24.5 Å². The molecule has 1 aliphatic heterocycles. The summed E-state index contributed by atoms with van der Waals surface area (Å²) < 4.78 is 33.7. The molecule has 1 aromatic heterocycles. The standard InChI is InChI=1S/C23H25F2N5O.HI/c1-2-26-23(27-13-18-15-31-22(28-18)16-7-4-3-5-8-16)29-17-11-12-30(14-17)21-19(24)9-6-10-20(21)25;/h3-10,15,17H,2,11-14H2,1H3,(H2,26,27,29);1H. The average Bonchev–Trinajstić information content (AvgIpc) is 3.43. The molecule has 0 bridgehead atoms. The van der Waals surface area contributed by atoms with E-state index in [0.29, 0.717) is 38.0 Å². The van der Waals surface area contributed by atoms with E-state index in [1.54, 1.807) is 11.2 Å². The molecule has 1 unspecified atom stereocenters. The minimum absolute atomic E-state index is 0. The summed E-state index contributed by atoms with van der Waals surface area (Å²) in [5, 5.41) is 6.57. The molecule has 170 valence electrons. The summed E-state index contributed by atoms with van der Waals surface area (Å²) in [7, 11) is 0. The van der Waals surface area contributed by atoms with Crippen LogP contribution in [0.25, 0.3) is 11.5 Å². The first-order chi connectivity index (χ1) is 15.1. The van der Waals surface area contributed by atoms with Gasteiger partial charge < -0.3 is 20.0 Å². The van der Waals surface area contributed by atoms with Crippen molar-refractivity contribution in [2.45, 2.75) is 25.9 Å². The SMILES string of the molecule is CCNC(=NCc1coc(-c2ccccc2)n1)NC1CCN(c2c(F)cccc2F)C1.I. The van der Waals surface area contributed by atoms with Crippen LogP contribution in [0.15, 0.2) is 64.2 Å². The normalized spacial score (nSPS) is 16.0. The van der Waals surface area contributed by atoms with Crippen LogP contribution < -0.4 is 15.5 Å². The summed E-state index contributed by atoms with van der Waals surface area (Å²) in [5.74, 6) is 0.109. The Balaban J connectivity index is 0.00000289. The molecule has 0 radical (unpaired) electrons. The first-order valence-corrected chi connectivity index (χ1v) is 10.4. The summed E-state index contributed by atoms with van der Waals surface area (Å²) in [6.45, 7) is 4.09. The van der Waals surface area contributed by atoms with Gasteiger partial charge in [-0.3, -0.25) is 0 Å². The summed E-state index contributed by atoms with van der Waals surface area (Å²) >= 11 is 0. The quantitative estimate of drug-likeness (QED) is 0.266. The number of rotatable bonds is 6. The van der Waals surface area contributed by atoms with Crippen LogP contribution in [0.1, 0.15) is 19.0 Å². The topological polar surface area (TPSA) is 65.7 Å². The highest BCUT2D eigenvalue weighted by Crippen LogP contribution is 2.26. The fourth-order valence-corrected chi connectivity index (χ4v) is 3.64. The van der Waals surface area contributed by atoms with Gasteiger partial charge in [0.2, 0.25) is 5.89 Å². The molecule has 0 aliphatic carbocycles. The third kappa shape index (κ3) is 5.76. The van der Waals surface area contributed by atoms with Crippen molar-refractivity contribution in [3.63, 3.8) is 0 Å². The zero-order valence-corrected chi connectivity index (χ0v) is 20.1. The number of benzene rings is 2. The third-order valence-corrected chi connectivity index (χ3v) is 5.10. The van der Waals surface area contributed by atoms with Crippen LogP contribution in [0, 0.1) is 11.6 Å². The van der Waals surface area contributed by atoms with Crippen molar-refractivity contribution in [1.82, 2.24) is 15.6 Å². The lowest BCUT2D eigenvalue weighted by atomic mass is 10.2. The van der Waals surface area contributed by atoms with Crippen LogP contribution in [-0.4, -0.2) is 36.6 Å². The van der Waals surface area contributed by atoms with Crippen molar-refractivity contribution in [1.29, 1.82) is 0 Å². The number of hydrogen-bond donors (Lipinski definition) is 2. The Morgan fingerprint density at radius 3 is 2.62 bits per heavy atom. The lowest BCUT2D eigenvalue weighted by Gasteiger charge is -2.21. The van der Waals surface area contributed by atoms with Gasteiger partial charge >= 0.3 is 0 Å². The largest absolute Gasteiger partial charge is 0.444 e. The van der Waals surface area contributed by atoms with Gasteiger partial charge in [-0.25, -0.2) is 18.8 Å². The number of guanidine groups is 1. The zero-order chi connectivity index (χ0) is 21.6. The number of nitrogens with one attached hydrogen (secondary N) is 2. The van der Waals surface area contributed by atoms with Crippen molar-refractivity contribution >= 4 is 35.6 Å². The smallest absolute Gasteiger partial charge is 0.226 e. The molecule has 1 saturated heterocycles. The van der Waals surface area contributed by atoms with E-state index in [4.69, 9.17) is 4.42 Å². The summed E-state index contributed by atoms with van der Waals surface area (Å²) in [5.41, 5.74) is 1.66. The highest BCUT2D eigenvalue weighted by atomic mass is 127. The van der Waals surface area contributed by atoms with E-state index < -0.39 is 11.6 Å². The lowest BCUT2D eigenvalue weighted by molar-refractivity contribution is 0.572. The molecule has 2 N–H and O–H groups in total. The van der Waals surface area contributed by atoms with E-state index >= 15 is 0 Å². The van der Waals surface area contributed by atoms with Crippen LogP contribution >= 0.6 is 24.0 Å². The van der Waals surface area contributed by atoms with Crippen LogP contribution in [0.4, 0.5) is 14.5 Å². The summed E-state index contributed by atoms with van der Waals surface area (Å²) in [6.07, 6.45) is 2.36. The Kier molecular flexibility index (Phi) is 8.43. The minimum Gasteiger partial charge on any atom is -0.444 e. The van der Waals surface area contributed by atoms with Crippen LogP contribution in [-0.2, 0) is 6.54 Å². The second kappa shape index (κ2) is 11.3. The maximum absolute atomic E-state index is 14.1. The number of nitrogens with zero attached hydrogens (tertiary/aromatic N) is 3. The summed E-state index contributed by atoms with van der Waals surface area (Å²) in [6, 6.07) is 13.7. The van der Waals surface area contributed by atoms with Crippen molar-refractivity contribution in [2.24, 2.45) is 4.99 Å². The van der Waals surface area contributed by atoms with Gasteiger partial charge in [-0.2, -0.15) is 0 Å². The molecule has 32 heavy (non-hydrogen) atoms. The van der Waals surface area contributed by atoms with Crippen molar-refractivity contribution in [3.8, 4) is 11.5 Å². The van der Waals surface area contributed by atoms with Gasteiger partial charge in [-0.05, 0) is 37.6 Å². The van der Waals surface area contributed by atoms with Gasteiger partial charge in [-0.15, -0.1) is 24.0 Å². The van der Waals surface area contributed by atoms with E-state index in [0.717, 1.165) is 17.7 Å². The van der Waals surface area contributed by atoms with E-state index in [1.807, 2.05) is 37.3 Å². The van der Waals surface area contributed by atoms with Gasteiger partial charge in [0.15, 0.2) is 5.96 Å². The highest BCUT2D eigenvalue weighted by Gasteiger charge is 2.27. The van der Waals surface area contributed by atoms with Gasteiger partial charge in [0, 0.05) is 31.2 Å². The van der Waals surface area contributed by atoms with Crippen LogP contribution in [0.3, 0.4) is 0 Å². The lowest BCUT2D eigenvalue weighted by Crippen LogP contribution is -2.44. The molecule has 3 aromatic rings. The molecule has 1 atom stereocenters. The molecule has 6 nitrogen and oxygen atoms in total. The molecule has 0 saturated carbocycles. The number of oxazole rings is 1. The molecular weight excluding hydrogens is 527 g/mol. The predicted octanol–water partition coefficient (Wildman–Crippen LogP) is 4.57. The number of para-hydroxylation sites is 1. The third-order valence-electron chi connectivity index (χ3n) is 5.10.